The molecule has 0 bridgehead atoms. The Bertz CT molecular complexity index is 600. The van der Waals surface area contributed by atoms with Crippen LogP contribution in [-0.2, 0) is 0 Å². The van der Waals surface area contributed by atoms with E-state index in [-0.39, 0.29) is 23.1 Å². The van der Waals surface area contributed by atoms with Crippen molar-refractivity contribution in [2.75, 3.05) is 11.1 Å². The van der Waals surface area contributed by atoms with E-state index in [4.69, 9.17) is 11.0 Å². The highest BCUT2D eigenvalue weighted by atomic mass is 19.2. The quantitative estimate of drug-likeness (QED) is 0.728. The van der Waals surface area contributed by atoms with E-state index in [0.717, 1.165) is 6.07 Å². The lowest BCUT2D eigenvalue weighted by Gasteiger charge is -2.04. The Morgan fingerprint density at radius 1 is 1.35 bits per heavy atom. The van der Waals surface area contributed by atoms with Crippen LogP contribution in [0.5, 0.6) is 0 Å². The van der Waals surface area contributed by atoms with Crippen LogP contribution in [-0.4, -0.2) is 15.2 Å². The summed E-state index contributed by atoms with van der Waals surface area (Å²) < 4.78 is 26.7. The summed E-state index contributed by atoms with van der Waals surface area (Å²) in [5.74, 6) is -2.35. The Kier molecular flexibility index (Phi) is 2.58. The van der Waals surface area contributed by atoms with Crippen molar-refractivity contribution in [1.29, 1.82) is 5.26 Å². The minimum Gasteiger partial charge on any atom is -0.368 e. The van der Waals surface area contributed by atoms with Gasteiger partial charge < -0.3 is 11.1 Å². The maximum Gasteiger partial charge on any atom is 0.248 e. The van der Waals surface area contributed by atoms with Crippen LogP contribution < -0.4 is 11.1 Å². The fraction of sp³-hybridized carbons (Fsp3) is 0. The van der Waals surface area contributed by atoms with Gasteiger partial charge in [0.1, 0.15) is 6.07 Å². The van der Waals surface area contributed by atoms with Gasteiger partial charge in [-0.15, -0.1) is 5.10 Å². The second-order valence-corrected chi connectivity index (χ2v) is 3.07. The number of aromatic amines is 1. The summed E-state index contributed by atoms with van der Waals surface area (Å²) in [7, 11) is 0. The molecule has 0 saturated heterocycles. The normalized spacial score (nSPS) is 9.94. The van der Waals surface area contributed by atoms with Gasteiger partial charge in [-0.25, -0.2) is 13.9 Å². The third-order valence-electron chi connectivity index (χ3n) is 1.95. The number of nitriles is 1. The first kappa shape index (κ1) is 10.8. The van der Waals surface area contributed by atoms with Crippen molar-refractivity contribution >= 4 is 17.6 Å². The first-order valence-electron chi connectivity index (χ1n) is 4.45. The molecule has 0 amide bonds. The lowest BCUT2D eigenvalue weighted by molar-refractivity contribution is 0.509. The molecule has 0 aliphatic carbocycles. The summed E-state index contributed by atoms with van der Waals surface area (Å²) >= 11 is 0. The molecule has 0 atom stereocenters. The zero-order valence-electron chi connectivity index (χ0n) is 8.33. The van der Waals surface area contributed by atoms with E-state index in [2.05, 4.69) is 20.5 Å². The molecule has 4 N–H and O–H groups in total. The van der Waals surface area contributed by atoms with Gasteiger partial charge in [0.2, 0.25) is 11.9 Å². The number of nitrogens with two attached hydrogens (primary N) is 1. The molecule has 0 fully saturated rings. The van der Waals surface area contributed by atoms with E-state index < -0.39 is 11.6 Å². The number of nitrogen functional groups attached to an aromatic ring is 1. The van der Waals surface area contributed by atoms with Gasteiger partial charge >= 0.3 is 0 Å². The van der Waals surface area contributed by atoms with Gasteiger partial charge in [-0.2, -0.15) is 10.2 Å². The second kappa shape index (κ2) is 4.05. The maximum atomic E-state index is 13.5. The monoisotopic (exact) mass is 236 g/mol. The molecule has 0 radical (unpaired) electrons. The van der Waals surface area contributed by atoms with Crippen molar-refractivity contribution in [2.24, 2.45) is 0 Å². The Hall–Kier alpha value is -2.69. The Morgan fingerprint density at radius 2 is 2.12 bits per heavy atom. The zero-order valence-corrected chi connectivity index (χ0v) is 8.33. The van der Waals surface area contributed by atoms with Gasteiger partial charge in [-0.3, -0.25) is 0 Å². The Morgan fingerprint density at radius 3 is 2.71 bits per heavy atom. The third-order valence-corrected chi connectivity index (χ3v) is 1.95. The van der Waals surface area contributed by atoms with Crippen LogP contribution in [0.15, 0.2) is 12.1 Å². The van der Waals surface area contributed by atoms with Crippen molar-refractivity contribution < 1.29 is 8.78 Å². The molecule has 0 unspecified atom stereocenters. The second-order valence-electron chi connectivity index (χ2n) is 3.07. The summed E-state index contributed by atoms with van der Waals surface area (Å²) in [6.45, 7) is 0. The number of nitrogens with one attached hydrogen (secondary N) is 2. The van der Waals surface area contributed by atoms with E-state index in [9.17, 15) is 8.78 Å². The van der Waals surface area contributed by atoms with Crippen LogP contribution >= 0.6 is 0 Å². The van der Waals surface area contributed by atoms with E-state index in [1.54, 1.807) is 0 Å². The molecule has 2 aromatic rings. The number of nitrogens with zero attached hydrogens (tertiary/aromatic N) is 3. The van der Waals surface area contributed by atoms with Crippen LogP contribution in [0.1, 0.15) is 5.56 Å². The number of anilines is 3. The molecule has 8 heteroatoms. The molecule has 0 aliphatic rings. The number of benzene rings is 1. The first-order valence-corrected chi connectivity index (χ1v) is 4.45. The summed E-state index contributed by atoms with van der Waals surface area (Å²) in [6.07, 6.45) is 0. The van der Waals surface area contributed by atoms with Gasteiger partial charge in [0, 0.05) is 0 Å². The average Bonchev–Trinajstić information content (AvgIpc) is 2.71. The minimum atomic E-state index is -1.22. The lowest BCUT2D eigenvalue weighted by Crippen LogP contribution is -2.00. The maximum absolute atomic E-state index is 13.5. The minimum absolute atomic E-state index is 0.00510. The van der Waals surface area contributed by atoms with Crippen molar-refractivity contribution in [3.63, 3.8) is 0 Å². The predicted molar refractivity (Wildman–Crippen MR) is 55.2 cm³/mol. The number of hydrogen-bond acceptors (Lipinski definition) is 5. The van der Waals surface area contributed by atoms with Gasteiger partial charge in [-0.05, 0) is 12.1 Å². The van der Waals surface area contributed by atoms with Crippen molar-refractivity contribution in [2.45, 2.75) is 0 Å². The Labute approximate surface area is 94.1 Å². The van der Waals surface area contributed by atoms with Gasteiger partial charge in [0.25, 0.3) is 0 Å². The highest BCUT2D eigenvalue weighted by Crippen LogP contribution is 2.22. The molecule has 0 aliphatic heterocycles. The zero-order chi connectivity index (χ0) is 12.4. The molecule has 1 aromatic heterocycles. The Balaban J connectivity index is 2.35. The number of H-pyrrole nitrogens is 1. The molecule has 86 valence electrons. The molecule has 1 heterocycles. The largest absolute Gasteiger partial charge is 0.368 e. The SMILES string of the molecule is N#Cc1ccc(Nc2n[nH]c(N)n2)c(F)c1F. The average molecular weight is 236 g/mol. The van der Waals surface area contributed by atoms with E-state index in [1.807, 2.05) is 0 Å². The summed E-state index contributed by atoms with van der Waals surface area (Å²) in [5.41, 5.74) is 4.71. The smallest absolute Gasteiger partial charge is 0.248 e. The molecule has 0 saturated carbocycles. The van der Waals surface area contributed by atoms with Crippen LogP contribution in [0.4, 0.5) is 26.4 Å². The molecule has 1 aromatic carbocycles. The first-order chi connectivity index (χ1) is 8.11. The van der Waals surface area contributed by atoms with Gasteiger partial charge in [0.15, 0.2) is 11.6 Å². The fourth-order valence-corrected chi connectivity index (χ4v) is 1.18. The third kappa shape index (κ3) is 1.98. The van der Waals surface area contributed by atoms with Crippen LogP contribution in [0.25, 0.3) is 0 Å². The molecule has 2 rings (SSSR count). The molecule has 6 nitrogen and oxygen atoms in total. The molecule has 0 spiro atoms. The predicted octanol–water partition coefficient (Wildman–Crippen LogP) is 1.28. The lowest BCUT2D eigenvalue weighted by atomic mass is 10.2. The van der Waals surface area contributed by atoms with E-state index >= 15 is 0 Å². The van der Waals surface area contributed by atoms with Crippen LogP contribution in [0.3, 0.4) is 0 Å². The summed E-state index contributed by atoms with van der Waals surface area (Å²) in [4.78, 5) is 3.67. The van der Waals surface area contributed by atoms with Crippen molar-refractivity contribution in [3.05, 3.63) is 29.3 Å². The highest BCUT2D eigenvalue weighted by Gasteiger charge is 2.14. The van der Waals surface area contributed by atoms with E-state index in [0.29, 0.717) is 0 Å². The fourth-order valence-electron chi connectivity index (χ4n) is 1.18. The number of rotatable bonds is 2. The molecule has 17 heavy (non-hydrogen) atoms. The summed E-state index contributed by atoms with van der Waals surface area (Å²) in [5, 5.41) is 16.9. The van der Waals surface area contributed by atoms with Crippen LogP contribution in [0, 0.1) is 23.0 Å². The molecular weight excluding hydrogens is 230 g/mol. The number of aromatic nitrogens is 3. The van der Waals surface area contributed by atoms with Gasteiger partial charge in [0.05, 0.1) is 11.3 Å². The van der Waals surface area contributed by atoms with Gasteiger partial charge in [-0.1, -0.05) is 0 Å². The number of halogens is 2. The van der Waals surface area contributed by atoms with Crippen molar-refractivity contribution in [1.82, 2.24) is 15.2 Å². The standard InChI is InChI=1S/C9H6F2N6/c10-6-4(3-12)1-2-5(7(6)11)14-9-15-8(13)16-17-9/h1-2H,(H4,13,14,15,16,17). The molecular formula is C9H6F2N6. The summed E-state index contributed by atoms with van der Waals surface area (Å²) in [6, 6.07) is 3.89. The van der Waals surface area contributed by atoms with Crippen LogP contribution in [0.2, 0.25) is 0 Å². The topological polar surface area (TPSA) is 103 Å². The number of hydrogen-bond donors (Lipinski definition) is 3. The van der Waals surface area contributed by atoms with E-state index in [1.165, 1.54) is 12.1 Å². The highest BCUT2D eigenvalue weighted by molar-refractivity contribution is 5.56. The van der Waals surface area contributed by atoms with Crippen molar-refractivity contribution in [3.8, 4) is 6.07 Å².